The number of rotatable bonds is 11. The minimum Gasteiger partial charge on any atom is -0.400 e. The summed E-state index contributed by atoms with van der Waals surface area (Å²) in [4.78, 5) is 0. The van der Waals surface area contributed by atoms with Gasteiger partial charge in [0.1, 0.15) is 0 Å². The number of aliphatic hydroxyl groups is 2. The summed E-state index contributed by atoms with van der Waals surface area (Å²) in [6.07, 6.45) is -31.7. The number of aliphatic hydroxyl groups excluding tert-OH is 1. The van der Waals surface area contributed by atoms with Gasteiger partial charge in [0.05, 0.1) is 0 Å². The van der Waals surface area contributed by atoms with Crippen molar-refractivity contribution in [3.63, 3.8) is 0 Å². The molecule has 1 radical (unpaired) electrons. The molecule has 0 bridgehead atoms. The summed E-state index contributed by atoms with van der Waals surface area (Å²) in [6, 6.07) is 0. The van der Waals surface area contributed by atoms with Crippen LogP contribution >= 0.6 is 0 Å². The van der Waals surface area contributed by atoms with E-state index in [0.29, 0.717) is 0 Å². The van der Waals surface area contributed by atoms with Crippen molar-refractivity contribution >= 4 is 0 Å². The second-order valence-corrected chi connectivity index (χ2v) is 5.74. The molecule has 0 aromatic rings. The molecule has 2 N–H and O–H groups in total. The summed E-state index contributed by atoms with van der Waals surface area (Å²) in [5, 5.41) is 14.6. The predicted octanol–water partition coefficient (Wildman–Crippen LogP) is 5.18. The van der Waals surface area contributed by atoms with Crippen LogP contribution in [0.3, 0.4) is 0 Å². The Bertz CT molecular complexity index is 605. The molecular formula is C12H10F18O4Rh. The van der Waals surface area contributed by atoms with E-state index in [2.05, 4.69) is 0 Å². The fourth-order valence-electron chi connectivity index (χ4n) is 1.34. The summed E-state index contributed by atoms with van der Waals surface area (Å²) < 4.78 is 235. The van der Waals surface area contributed by atoms with Crippen molar-refractivity contribution in [2.75, 3.05) is 7.11 Å². The molecule has 23 heteroatoms. The van der Waals surface area contributed by atoms with E-state index in [1.165, 1.54) is 0 Å². The zero-order valence-electron chi connectivity index (χ0n) is 16.0. The molecule has 0 aliphatic rings. The van der Waals surface area contributed by atoms with Crippen molar-refractivity contribution in [3.8, 4) is 0 Å². The van der Waals surface area contributed by atoms with E-state index in [-0.39, 0.29) is 19.5 Å². The van der Waals surface area contributed by atoms with Crippen molar-refractivity contribution in [1.82, 2.24) is 0 Å². The molecule has 0 aromatic heterocycles. The SMILES string of the molecule is CC(F)(F)C(F)OC(F)(F)C(F)(F)C(F)(F)C(F)(F)C(F)(F)C(F)(F)OC(F)C(O)(F)F.CO.[Rh]. The second-order valence-electron chi connectivity index (χ2n) is 5.74. The van der Waals surface area contributed by atoms with Crippen LogP contribution in [0.1, 0.15) is 6.92 Å². The number of alkyl halides is 18. The molecule has 0 amide bonds. The van der Waals surface area contributed by atoms with Crippen LogP contribution in [0, 0.1) is 0 Å². The van der Waals surface area contributed by atoms with Gasteiger partial charge in [-0.25, -0.2) is 17.6 Å². The summed E-state index contributed by atoms with van der Waals surface area (Å²) in [6.45, 7) is -0.699. The minimum absolute atomic E-state index is 0. The third-order valence-corrected chi connectivity index (χ3v) is 3.09. The van der Waals surface area contributed by atoms with E-state index >= 15 is 0 Å². The fourth-order valence-corrected chi connectivity index (χ4v) is 1.34. The summed E-state index contributed by atoms with van der Waals surface area (Å²) >= 11 is 0. The molecule has 2 unspecified atom stereocenters. The first kappa shape index (κ1) is 38.7. The number of hydrogen-bond donors (Lipinski definition) is 2. The molecule has 4 nitrogen and oxygen atoms in total. The monoisotopic (exact) mass is 663 g/mol. The largest absolute Gasteiger partial charge is 0.428 e. The van der Waals surface area contributed by atoms with Gasteiger partial charge >= 0.3 is 42.0 Å². The van der Waals surface area contributed by atoms with Gasteiger partial charge < -0.3 is 10.2 Å². The van der Waals surface area contributed by atoms with Crippen LogP contribution in [0.4, 0.5) is 79.0 Å². The van der Waals surface area contributed by atoms with E-state index < -0.39 is 67.6 Å². The maximum atomic E-state index is 13.3. The van der Waals surface area contributed by atoms with E-state index in [1.807, 2.05) is 4.74 Å². The summed E-state index contributed by atoms with van der Waals surface area (Å²) in [5.41, 5.74) is 0. The van der Waals surface area contributed by atoms with Gasteiger partial charge in [-0.3, -0.25) is 9.47 Å². The van der Waals surface area contributed by atoms with E-state index in [0.717, 1.165) is 7.11 Å². The Labute approximate surface area is 193 Å². The van der Waals surface area contributed by atoms with Crippen LogP contribution in [0.25, 0.3) is 0 Å². The predicted molar refractivity (Wildman–Crippen MR) is 67.6 cm³/mol. The van der Waals surface area contributed by atoms with Crippen LogP contribution in [-0.2, 0) is 29.0 Å². The van der Waals surface area contributed by atoms with Gasteiger partial charge in [-0.15, -0.1) is 0 Å². The third-order valence-electron chi connectivity index (χ3n) is 3.09. The molecule has 0 saturated carbocycles. The van der Waals surface area contributed by atoms with Gasteiger partial charge in [-0.2, -0.15) is 61.5 Å². The van der Waals surface area contributed by atoms with Crippen molar-refractivity contribution < 1.29 is 118 Å². The van der Waals surface area contributed by atoms with Crippen LogP contribution in [0.5, 0.6) is 0 Å². The molecule has 0 heterocycles. The standard InChI is InChI=1S/C11H6F18O3.CH4O.Rh/c1-4(14,15)2(12)31-10(26,27)8(22,23)6(18,19)7(20,21)9(24,25)11(28,29)32-3(13)5(16,17)30;1-2;/h2-3,30H,1H3;2H,1H3;. The van der Waals surface area contributed by atoms with Crippen molar-refractivity contribution in [1.29, 1.82) is 0 Å². The third kappa shape index (κ3) is 7.38. The van der Waals surface area contributed by atoms with Gasteiger partial charge in [-0.05, 0) is 0 Å². The van der Waals surface area contributed by atoms with Gasteiger partial charge in [0.15, 0.2) is 0 Å². The number of hydrogen-bond acceptors (Lipinski definition) is 4. The first-order valence-corrected chi connectivity index (χ1v) is 7.34. The van der Waals surface area contributed by atoms with Crippen LogP contribution < -0.4 is 0 Å². The first-order chi connectivity index (χ1) is 14.5. The first-order valence-electron chi connectivity index (χ1n) is 7.34. The molecule has 2 atom stereocenters. The summed E-state index contributed by atoms with van der Waals surface area (Å²) in [5.74, 6) is -38.7. The Morgan fingerprint density at radius 2 is 0.743 bits per heavy atom. The molecular weight excluding hydrogens is 653 g/mol. The molecule has 0 fully saturated rings. The average molecular weight is 663 g/mol. The van der Waals surface area contributed by atoms with E-state index in [4.69, 9.17) is 10.2 Å². The molecule has 0 aliphatic carbocycles. The topological polar surface area (TPSA) is 58.9 Å². The molecule has 0 rings (SSSR count). The fraction of sp³-hybridized carbons (Fsp3) is 1.00. The van der Waals surface area contributed by atoms with Crippen molar-refractivity contribution in [2.45, 2.75) is 67.6 Å². The number of halogens is 18. The van der Waals surface area contributed by atoms with Crippen LogP contribution in [-0.4, -0.2) is 78.0 Å². The minimum atomic E-state index is -8.51. The van der Waals surface area contributed by atoms with Gasteiger partial charge in [0, 0.05) is 33.5 Å². The van der Waals surface area contributed by atoms with Crippen LogP contribution in [0.2, 0.25) is 0 Å². The zero-order valence-corrected chi connectivity index (χ0v) is 17.6. The van der Waals surface area contributed by atoms with Gasteiger partial charge in [0.2, 0.25) is 0 Å². The maximum Gasteiger partial charge on any atom is 0.428 e. The molecule has 0 saturated heterocycles. The van der Waals surface area contributed by atoms with Gasteiger partial charge in [-0.1, -0.05) is 0 Å². The van der Waals surface area contributed by atoms with Crippen molar-refractivity contribution in [3.05, 3.63) is 0 Å². The Morgan fingerprint density at radius 1 is 0.514 bits per heavy atom. The number of ether oxygens (including phenoxy) is 2. The molecule has 0 aromatic carbocycles. The van der Waals surface area contributed by atoms with Crippen molar-refractivity contribution in [2.24, 2.45) is 0 Å². The average Bonchev–Trinajstić information content (AvgIpc) is 2.60. The van der Waals surface area contributed by atoms with Gasteiger partial charge in [0.25, 0.3) is 18.6 Å². The molecule has 217 valence electrons. The summed E-state index contributed by atoms with van der Waals surface area (Å²) in [7, 11) is 1.00. The Balaban J connectivity index is -0.00000332. The quantitative estimate of drug-likeness (QED) is 0.237. The molecule has 35 heavy (non-hydrogen) atoms. The molecule has 0 aliphatic heterocycles. The van der Waals surface area contributed by atoms with E-state index in [9.17, 15) is 79.0 Å². The normalized spacial score (nSPS) is 16.6. The maximum absolute atomic E-state index is 13.3. The zero-order chi connectivity index (χ0) is 28.6. The molecule has 0 spiro atoms. The Hall–Kier alpha value is -0.797. The van der Waals surface area contributed by atoms with E-state index in [1.54, 1.807) is 4.74 Å². The smallest absolute Gasteiger partial charge is 0.400 e. The van der Waals surface area contributed by atoms with Crippen LogP contribution in [0.15, 0.2) is 0 Å². The Kier molecular flexibility index (Phi) is 12.5. The second kappa shape index (κ2) is 11.3. The Morgan fingerprint density at radius 3 is 0.943 bits per heavy atom.